The Morgan fingerprint density at radius 3 is 1.12 bits per heavy atom. The summed E-state index contributed by atoms with van der Waals surface area (Å²) in [5.74, 6) is 2.82. The summed E-state index contributed by atoms with van der Waals surface area (Å²) in [7, 11) is 0. The molecule has 0 rings (SSSR count). The van der Waals surface area contributed by atoms with E-state index in [0.29, 0.717) is 0 Å². The van der Waals surface area contributed by atoms with Gasteiger partial charge in [-0.15, -0.1) is 0 Å². The van der Waals surface area contributed by atoms with Crippen molar-refractivity contribution in [2.45, 2.75) is 130 Å². The van der Waals surface area contributed by atoms with Gasteiger partial charge in [0, 0.05) is 0 Å². The van der Waals surface area contributed by atoms with Gasteiger partial charge in [-0.2, -0.15) is 11.8 Å². The molecule has 0 aliphatic carbocycles. The molecule has 160 valence electrons. The maximum atomic E-state index is 8.11. The van der Waals surface area contributed by atoms with E-state index in [4.69, 9.17) is 10.2 Å². The highest BCUT2D eigenvalue weighted by Crippen LogP contribution is 2.14. The molecule has 0 radical (unpaired) electrons. The van der Waals surface area contributed by atoms with Crippen LogP contribution >= 0.6 is 11.8 Å². The molecule has 0 aliphatic rings. The second-order valence-corrected chi connectivity index (χ2v) is 8.82. The van der Waals surface area contributed by atoms with Crippen LogP contribution in [0.3, 0.4) is 0 Å². The number of aliphatic hydroxyl groups excluding tert-OH is 2. The third-order valence-corrected chi connectivity index (χ3v) is 5.70. The summed E-state index contributed by atoms with van der Waals surface area (Å²) in [4.78, 5) is 0. The lowest BCUT2D eigenvalue weighted by Gasteiger charge is -2.03. The lowest BCUT2D eigenvalue weighted by atomic mass is 10.1. The van der Waals surface area contributed by atoms with E-state index >= 15 is 0 Å². The van der Waals surface area contributed by atoms with E-state index in [9.17, 15) is 0 Å². The van der Waals surface area contributed by atoms with Gasteiger partial charge in [0.05, 0.1) is 12.7 Å². The first kappa shape index (κ1) is 28.5. The van der Waals surface area contributed by atoms with E-state index in [1.165, 1.54) is 121 Å². The smallest absolute Gasteiger partial charge is 0.0742 e. The average Bonchev–Trinajstić information content (AvgIpc) is 2.64. The molecule has 3 heteroatoms. The summed E-state index contributed by atoms with van der Waals surface area (Å²) >= 11 is 2.20. The first-order valence-corrected chi connectivity index (χ1v) is 12.7. The molecular formula is C23H50O2S. The van der Waals surface area contributed by atoms with Gasteiger partial charge in [-0.3, -0.25) is 0 Å². The van der Waals surface area contributed by atoms with E-state index in [1.807, 2.05) is 0 Å². The maximum Gasteiger partial charge on any atom is 0.0742 e. The molecule has 0 aromatic heterocycles. The highest BCUT2D eigenvalue weighted by atomic mass is 32.2. The summed E-state index contributed by atoms with van der Waals surface area (Å²) in [6.45, 7) is 5.98. The van der Waals surface area contributed by atoms with Gasteiger partial charge in [-0.25, -0.2) is 0 Å². The summed E-state index contributed by atoms with van der Waals surface area (Å²) in [5.41, 5.74) is 0. The molecule has 0 fully saturated rings. The third-order valence-electron chi connectivity index (χ3n) is 4.55. The predicted octanol–water partition coefficient (Wildman–Crippen LogP) is 7.36. The van der Waals surface area contributed by atoms with Gasteiger partial charge in [0.1, 0.15) is 0 Å². The van der Waals surface area contributed by atoms with Crippen LogP contribution in [0.4, 0.5) is 0 Å². The molecule has 1 atom stereocenters. The van der Waals surface area contributed by atoms with Crippen molar-refractivity contribution in [1.29, 1.82) is 0 Å². The van der Waals surface area contributed by atoms with E-state index in [-0.39, 0.29) is 6.61 Å². The minimum Gasteiger partial charge on any atom is -0.394 e. The van der Waals surface area contributed by atoms with Crippen molar-refractivity contribution in [1.82, 2.24) is 0 Å². The Morgan fingerprint density at radius 1 is 0.577 bits per heavy atom. The molecule has 0 amide bonds. The van der Waals surface area contributed by atoms with Crippen LogP contribution in [0.2, 0.25) is 0 Å². The number of hydrogen-bond acceptors (Lipinski definition) is 3. The Kier molecular flexibility index (Phi) is 30.1. The molecule has 0 bridgehead atoms. The molecule has 1 unspecified atom stereocenters. The molecule has 2 N–H and O–H groups in total. The maximum absolute atomic E-state index is 8.11. The van der Waals surface area contributed by atoms with E-state index in [0.717, 1.165) is 0 Å². The van der Waals surface area contributed by atoms with Crippen molar-refractivity contribution in [3.05, 3.63) is 0 Å². The zero-order valence-corrected chi connectivity index (χ0v) is 19.1. The number of aliphatic hydroxyl groups is 2. The van der Waals surface area contributed by atoms with Crippen LogP contribution < -0.4 is 0 Å². The second-order valence-electron chi connectivity index (χ2n) is 7.59. The number of thioether (sulfide) groups is 1. The normalized spacial score (nSPS) is 11.9. The van der Waals surface area contributed by atoms with Crippen LogP contribution in [0.1, 0.15) is 124 Å². The second kappa shape index (κ2) is 27.5. The van der Waals surface area contributed by atoms with Gasteiger partial charge in [-0.05, 0) is 31.3 Å². The van der Waals surface area contributed by atoms with Crippen molar-refractivity contribution in [2.24, 2.45) is 0 Å². The minimum absolute atomic E-state index is 0.139. The SMILES string of the molecule is CC(O)CO.CCCCCCCCCCSCCCCCCCCCC. The van der Waals surface area contributed by atoms with Crippen molar-refractivity contribution in [3.63, 3.8) is 0 Å². The monoisotopic (exact) mass is 390 g/mol. The van der Waals surface area contributed by atoms with Crippen molar-refractivity contribution >= 4 is 11.8 Å². The molecule has 0 aromatic carbocycles. The van der Waals surface area contributed by atoms with Gasteiger partial charge in [0.15, 0.2) is 0 Å². The highest BCUT2D eigenvalue weighted by molar-refractivity contribution is 7.99. The molecule has 0 saturated heterocycles. The van der Waals surface area contributed by atoms with E-state index in [1.54, 1.807) is 0 Å². The third kappa shape index (κ3) is 32.0. The summed E-state index contributed by atoms with van der Waals surface area (Å²) in [6.07, 6.45) is 22.7. The van der Waals surface area contributed by atoms with Crippen molar-refractivity contribution in [2.75, 3.05) is 18.1 Å². The largest absolute Gasteiger partial charge is 0.394 e. The van der Waals surface area contributed by atoms with Gasteiger partial charge in [0.25, 0.3) is 0 Å². The quantitative estimate of drug-likeness (QED) is 0.226. The predicted molar refractivity (Wildman–Crippen MR) is 121 cm³/mol. The van der Waals surface area contributed by atoms with Crippen molar-refractivity contribution in [3.8, 4) is 0 Å². The summed E-state index contributed by atoms with van der Waals surface area (Å²) in [5, 5.41) is 16.0. The molecular weight excluding hydrogens is 340 g/mol. The summed E-state index contributed by atoms with van der Waals surface area (Å²) < 4.78 is 0. The fourth-order valence-electron chi connectivity index (χ4n) is 2.78. The van der Waals surface area contributed by atoms with Crippen LogP contribution in [-0.4, -0.2) is 34.4 Å². The van der Waals surface area contributed by atoms with E-state index in [2.05, 4.69) is 25.6 Å². The molecule has 2 nitrogen and oxygen atoms in total. The zero-order chi connectivity index (χ0) is 19.7. The Balaban J connectivity index is 0. The van der Waals surface area contributed by atoms with Gasteiger partial charge >= 0.3 is 0 Å². The van der Waals surface area contributed by atoms with Gasteiger partial charge in [0.2, 0.25) is 0 Å². The highest BCUT2D eigenvalue weighted by Gasteiger charge is 1.94. The first-order chi connectivity index (χ1) is 12.7. The first-order valence-electron chi connectivity index (χ1n) is 11.6. The molecule has 0 aliphatic heterocycles. The van der Waals surface area contributed by atoms with Crippen molar-refractivity contribution < 1.29 is 10.2 Å². The topological polar surface area (TPSA) is 40.5 Å². The fraction of sp³-hybridized carbons (Fsp3) is 1.00. The van der Waals surface area contributed by atoms with E-state index < -0.39 is 6.10 Å². The van der Waals surface area contributed by atoms with Crippen LogP contribution in [0.5, 0.6) is 0 Å². The standard InChI is InChI=1S/C20H42S.C3H8O2/c1-3-5-7-9-11-13-15-17-19-21-20-18-16-14-12-10-8-6-4-2;1-3(5)2-4/h3-20H2,1-2H3;3-5H,2H2,1H3. The number of hydrogen-bond donors (Lipinski definition) is 2. The Hall–Kier alpha value is 0.270. The fourth-order valence-corrected chi connectivity index (χ4v) is 3.80. The molecule has 0 heterocycles. The molecule has 0 spiro atoms. The minimum atomic E-state index is -0.560. The molecule has 0 aromatic rings. The Labute approximate surface area is 169 Å². The van der Waals surface area contributed by atoms with Crippen LogP contribution in [-0.2, 0) is 0 Å². The summed E-state index contributed by atoms with van der Waals surface area (Å²) in [6, 6.07) is 0. The number of unbranched alkanes of at least 4 members (excludes halogenated alkanes) is 14. The zero-order valence-electron chi connectivity index (χ0n) is 18.3. The van der Waals surface area contributed by atoms with Crippen LogP contribution in [0.15, 0.2) is 0 Å². The average molecular weight is 391 g/mol. The van der Waals surface area contributed by atoms with Crippen LogP contribution in [0, 0.1) is 0 Å². The Bertz CT molecular complexity index is 204. The van der Waals surface area contributed by atoms with Gasteiger partial charge in [-0.1, -0.05) is 104 Å². The van der Waals surface area contributed by atoms with Gasteiger partial charge < -0.3 is 10.2 Å². The molecule has 26 heavy (non-hydrogen) atoms. The number of rotatable bonds is 19. The lowest BCUT2D eigenvalue weighted by Crippen LogP contribution is -2.03. The molecule has 0 saturated carbocycles. The lowest BCUT2D eigenvalue weighted by molar-refractivity contribution is 0.110. The Morgan fingerprint density at radius 2 is 0.846 bits per heavy atom. The van der Waals surface area contributed by atoms with Crippen LogP contribution in [0.25, 0.3) is 0 Å².